The van der Waals surface area contributed by atoms with Crippen LogP contribution >= 0.6 is 0 Å². The molecule has 16 heteroatoms. The molecule has 2 atom stereocenters. The van der Waals surface area contributed by atoms with Crippen LogP contribution in [0.1, 0.15) is 56.7 Å². The number of halogens is 12. The van der Waals surface area contributed by atoms with E-state index in [1.807, 2.05) is 0 Å². The van der Waals surface area contributed by atoms with Crippen LogP contribution in [-0.2, 0) is 24.7 Å². The molecule has 0 aliphatic rings. The van der Waals surface area contributed by atoms with Gasteiger partial charge in [0, 0.05) is 22.3 Å². The first kappa shape index (κ1) is 40.2. The van der Waals surface area contributed by atoms with Crippen molar-refractivity contribution in [2.75, 3.05) is 14.2 Å². The molecular formula is C40H26F12O4. The Morgan fingerprint density at radius 1 is 0.429 bits per heavy atom. The van der Waals surface area contributed by atoms with Crippen molar-refractivity contribution in [2.24, 2.45) is 0 Å². The molecule has 2 N–H and O–H groups in total. The number of aliphatic hydroxyl groups is 2. The molecule has 0 aliphatic heterocycles. The molecule has 6 rings (SSSR count). The maximum atomic E-state index is 14.3. The number of rotatable bonds is 7. The van der Waals surface area contributed by atoms with Crippen molar-refractivity contribution in [1.29, 1.82) is 0 Å². The summed E-state index contributed by atoms with van der Waals surface area (Å²) in [5.74, 6) is -0.658. The van der Waals surface area contributed by atoms with Gasteiger partial charge in [-0.15, -0.1) is 0 Å². The molecule has 0 saturated heterocycles. The van der Waals surface area contributed by atoms with Crippen LogP contribution in [0.5, 0.6) is 11.5 Å². The van der Waals surface area contributed by atoms with E-state index in [4.69, 9.17) is 9.47 Å². The zero-order valence-electron chi connectivity index (χ0n) is 28.6. The first-order valence-corrected chi connectivity index (χ1v) is 16.2. The van der Waals surface area contributed by atoms with Crippen molar-refractivity contribution in [3.8, 4) is 22.6 Å². The molecule has 1 unspecified atom stereocenters. The highest BCUT2D eigenvalue weighted by molar-refractivity contribution is 6.11. The lowest BCUT2D eigenvalue weighted by molar-refractivity contribution is -0.145. The molecule has 6 aromatic carbocycles. The van der Waals surface area contributed by atoms with E-state index in [2.05, 4.69) is 0 Å². The molecule has 6 aromatic rings. The highest BCUT2D eigenvalue weighted by Crippen LogP contribution is 2.53. The summed E-state index contributed by atoms with van der Waals surface area (Å²) < 4.78 is 178. The lowest BCUT2D eigenvalue weighted by Gasteiger charge is -2.26. The quantitative estimate of drug-likeness (QED) is 0.158. The van der Waals surface area contributed by atoms with Gasteiger partial charge in [-0.25, -0.2) is 0 Å². The minimum Gasteiger partial charge on any atom is -0.496 e. The normalized spacial score (nSPS) is 13.9. The van der Waals surface area contributed by atoms with Gasteiger partial charge in [-0.05, 0) is 69.1 Å². The largest absolute Gasteiger partial charge is 0.496 e. The van der Waals surface area contributed by atoms with Crippen LogP contribution in [0.15, 0.2) is 97.1 Å². The van der Waals surface area contributed by atoms with E-state index >= 15 is 0 Å². The average molecular weight is 799 g/mol. The summed E-state index contributed by atoms with van der Waals surface area (Å²) in [4.78, 5) is 0. The van der Waals surface area contributed by atoms with E-state index in [0.29, 0.717) is 24.3 Å². The highest BCUT2D eigenvalue weighted by atomic mass is 19.4. The minimum atomic E-state index is -5.37. The zero-order valence-corrected chi connectivity index (χ0v) is 28.6. The molecule has 56 heavy (non-hydrogen) atoms. The van der Waals surface area contributed by atoms with Crippen LogP contribution in [0.25, 0.3) is 32.7 Å². The molecular weight excluding hydrogens is 772 g/mol. The molecule has 0 bridgehead atoms. The van der Waals surface area contributed by atoms with Gasteiger partial charge in [0.2, 0.25) is 0 Å². The van der Waals surface area contributed by atoms with E-state index in [-0.39, 0.29) is 67.4 Å². The predicted octanol–water partition coefficient (Wildman–Crippen LogP) is 11.9. The van der Waals surface area contributed by atoms with Crippen molar-refractivity contribution in [3.05, 3.63) is 142 Å². The minimum absolute atomic E-state index is 0.0225. The Hall–Kier alpha value is -5.48. The van der Waals surface area contributed by atoms with E-state index in [0.717, 1.165) is 14.2 Å². The van der Waals surface area contributed by atoms with Crippen molar-refractivity contribution >= 4 is 21.5 Å². The molecule has 0 radical (unpaired) electrons. The Balaban J connectivity index is 1.69. The molecule has 0 heterocycles. The van der Waals surface area contributed by atoms with Crippen LogP contribution < -0.4 is 9.47 Å². The second-order valence-electron chi connectivity index (χ2n) is 12.6. The number of methoxy groups -OCH3 is 2. The van der Waals surface area contributed by atoms with Gasteiger partial charge in [-0.3, -0.25) is 0 Å². The predicted molar refractivity (Wildman–Crippen MR) is 181 cm³/mol. The summed E-state index contributed by atoms with van der Waals surface area (Å²) in [7, 11) is 2.18. The Morgan fingerprint density at radius 2 is 0.768 bits per heavy atom. The Kier molecular flexibility index (Phi) is 10.2. The highest BCUT2D eigenvalue weighted by Gasteiger charge is 2.42. The number of hydrogen-bond donors (Lipinski definition) is 2. The summed E-state index contributed by atoms with van der Waals surface area (Å²) in [6.07, 6.45) is -25.7. The lowest BCUT2D eigenvalue weighted by Crippen LogP contribution is -2.17. The maximum absolute atomic E-state index is 14.3. The van der Waals surface area contributed by atoms with Crippen molar-refractivity contribution in [1.82, 2.24) is 0 Å². The average Bonchev–Trinajstić information content (AvgIpc) is 3.13. The van der Waals surface area contributed by atoms with E-state index in [9.17, 15) is 62.9 Å². The van der Waals surface area contributed by atoms with Crippen LogP contribution in [0.3, 0.4) is 0 Å². The van der Waals surface area contributed by atoms with Gasteiger partial charge in [0.05, 0.1) is 36.5 Å². The molecule has 0 saturated carbocycles. The van der Waals surface area contributed by atoms with Gasteiger partial charge in [0.1, 0.15) is 23.7 Å². The van der Waals surface area contributed by atoms with Gasteiger partial charge in [0.25, 0.3) is 0 Å². The molecule has 0 spiro atoms. The number of alkyl halides is 12. The third-order valence-electron chi connectivity index (χ3n) is 9.27. The van der Waals surface area contributed by atoms with E-state index in [1.54, 1.807) is 12.1 Å². The molecule has 0 aromatic heterocycles. The summed E-state index contributed by atoms with van der Waals surface area (Å²) in [5, 5.41) is 24.4. The van der Waals surface area contributed by atoms with Crippen molar-refractivity contribution < 1.29 is 72.4 Å². The van der Waals surface area contributed by atoms with E-state index < -0.39 is 70.3 Å². The van der Waals surface area contributed by atoms with Gasteiger partial charge in [-0.2, -0.15) is 52.7 Å². The summed E-state index contributed by atoms with van der Waals surface area (Å²) in [6.45, 7) is 0. The SMILES string of the molecule is COc1c(C(O)c2ccc(C(F)(F)F)cc2C(F)(F)F)cc2ccccc2c1-c1c(OC)c([C@H](O)c2ccc(C(F)(F)F)cc2C(F)(F)F)cc2ccccc12. The number of benzene rings is 6. The number of fused-ring (bicyclic) bond motifs is 2. The maximum Gasteiger partial charge on any atom is 0.416 e. The fourth-order valence-electron chi connectivity index (χ4n) is 6.81. The fourth-order valence-corrected chi connectivity index (χ4v) is 6.81. The van der Waals surface area contributed by atoms with Crippen LogP contribution in [0.4, 0.5) is 52.7 Å². The monoisotopic (exact) mass is 798 g/mol. The summed E-state index contributed by atoms with van der Waals surface area (Å²) >= 11 is 0. The Bertz CT molecular complexity index is 2280. The molecule has 4 nitrogen and oxygen atoms in total. The van der Waals surface area contributed by atoms with Gasteiger partial charge < -0.3 is 19.7 Å². The Morgan fingerprint density at radius 3 is 1.07 bits per heavy atom. The molecule has 0 fully saturated rings. The smallest absolute Gasteiger partial charge is 0.416 e. The third-order valence-corrected chi connectivity index (χ3v) is 9.27. The number of aliphatic hydroxyl groups excluding tert-OH is 2. The van der Waals surface area contributed by atoms with Crippen LogP contribution in [0, 0.1) is 0 Å². The molecule has 294 valence electrons. The van der Waals surface area contributed by atoms with Crippen molar-refractivity contribution in [2.45, 2.75) is 36.9 Å². The zero-order chi connectivity index (χ0) is 41.1. The number of hydrogen-bond acceptors (Lipinski definition) is 4. The van der Waals surface area contributed by atoms with Crippen LogP contribution in [0.2, 0.25) is 0 Å². The topological polar surface area (TPSA) is 58.9 Å². The lowest BCUT2D eigenvalue weighted by atomic mass is 9.84. The molecule has 0 aliphatic carbocycles. The Labute approximate surface area is 309 Å². The first-order chi connectivity index (χ1) is 26.1. The third kappa shape index (κ3) is 7.30. The van der Waals surface area contributed by atoms with Crippen molar-refractivity contribution in [3.63, 3.8) is 0 Å². The van der Waals surface area contributed by atoms with Gasteiger partial charge in [-0.1, -0.05) is 60.7 Å². The van der Waals surface area contributed by atoms with E-state index in [1.165, 1.54) is 48.5 Å². The van der Waals surface area contributed by atoms with Gasteiger partial charge in [0.15, 0.2) is 0 Å². The number of ether oxygens (including phenoxy) is 2. The standard InChI is InChI=1S/C40H26F12O4/c1-55-35-27(33(53)25-13-11-21(37(41,42)43)17-29(25)39(47,48)49)15-19-7-3-5-9-23(19)31(35)32-24-10-6-4-8-20(24)16-28(36(32)56-2)34(54)26-14-12-22(38(44,45)46)18-30(26)40(50,51)52/h3-18,33-34,53-54H,1-2H3/t33-,34?/m1/s1. The summed E-state index contributed by atoms with van der Waals surface area (Å²) in [6, 6.07) is 16.2. The van der Waals surface area contributed by atoms with Gasteiger partial charge >= 0.3 is 24.7 Å². The first-order valence-electron chi connectivity index (χ1n) is 16.2. The van der Waals surface area contributed by atoms with Crippen LogP contribution in [-0.4, -0.2) is 24.4 Å². The fraction of sp³-hybridized carbons (Fsp3) is 0.200. The summed E-state index contributed by atoms with van der Waals surface area (Å²) in [5.41, 5.74) is -9.54. The second-order valence-corrected chi connectivity index (χ2v) is 12.6. The molecule has 0 amide bonds. The second kappa shape index (κ2) is 14.2.